The number of piperidine rings is 1. The Kier molecular flexibility index (Phi) is 7.31. The first-order valence-electron chi connectivity index (χ1n) is 12.6. The highest BCUT2D eigenvalue weighted by atomic mass is 31.2. The van der Waals surface area contributed by atoms with Gasteiger partial charge in [-0.3, -0.25) is 14.1 Å². The lowest BCUT2D eigenvalue weighted by molar-refractivity contribution is 0.0820. The van der Waals surface area contributed by atoms with Crippen LogP contribution in [0.1, 0.15) is 63.9 Å². The molecule has 0 radical (unpaired) electrons. The van der Waals surface area contributed by atoms with Crippen LogP contribution >= 0.6 is 7.82 Å². The monoisotopic (exact) mass is 529 g/mol. The average Bonchev–Trinajstić information content (AvgIpc) is 3.47. The fraction of sp³-hybridized carbons (Fsp3) is 0.520. The lowest BCUT2D eigenvalue weighted by atomic mass is 9.93. The number of carbonyl (C=O) groups excluding carboxylic acids is 2. The molecule has 2 saturated carbocycles. The molecule has 1 aliphatic heterocycles. The summed E-state index contributed by atoms with van der Waals surface area (Å²) in [6.45, 7) is 4.17. The van der Waals surface area contributed by atoms with Crippen LogP contribution in [-0.4, -0.2) is 57.2 Å². The molecule has 3 aliphatic rings. The first-order chi connectivity index (χ1) is 17.7. The van der Waals surface area contributed by atoms with Crippen LogP contribution in [0, 0.1) is 18.8 Å². The molecular weight excluding hydrogens is 497 g/mol. The van der Waals surface area contributed by atoms with Crippen molar-refractivity contribution in [3.8, 4) is 0 Å². The predicted molar refractivity (Wildman–Crippen MR) is 136 cm³/mol. The zero-order valence-corrected chi connectivity index (χ0v) is 21.6. The molecule has 2 atom stereocenters. The Hall–Kier alpha value is -2.85. The molecular formula is C25H32N5O6P. The summed E-state index contributed by atoms with van der Waals surface area (Å²) in [6, 6.07) is 5.45. The highest BCUT2D eigenvalue weighted by Gasteiger charge is 2.46. The summed E-state index contributed by atoms with van der Waals surface area (Å²) in [4.78, 5) is 53.8. The summed E-state index contributed by atoms with van der Waals surface area (Å²) in [5.41, 5.74) is 2.82. The van der Waals surface area contributed by atoms with E-state index in [1.54, 1.807) is 12.3 Å². The number of nitrogens with one attached hydrogen (secondary N) is 2. The van der Waals surface area contributed by atoms with Gasteiger partial charge in [-0.1, -0.05) is 18.2 Å². The maximum Gasteiger partial charge on any atom is 0.469 e. The summed E-state index contributed by atoms with van der Waals surface area (Å²) >= 11 is 0. The second-order valence-electron chi connectivity index (χ2n) is 10.3. The van der Waals surface area contributed by atoms with Crippen LogP contribution < -0.4 is 15.5 Å². The summed E-state index contributed by atoms with van der Waals surface area (Å²) in [5, 5.41) is 6.32. The zero-order valence-electron chi connectivity index (χ0n) is 20.7. The number of aromatic nitrogens is 2. The second-order valence-corrected chi connectivity index (χ2v) is 11.5. The first kappa shape index (κ1) is 25.8. The van der Waals surface area contributed by atoms with Gasteiger partial charge in [-0.05, 0) is 62.0 Å². The van der Waals surface area contributed by atoms with Gasteiger partial charge in [-0.15, -0.1) is 0 Å². The molecule has 1 saturated heterocycles. The molecule has 1 aromatic heterocycles. The number of nitrogens with zero attached hydrogens (tertiary/aromatic N) is 3. The molecule has 1 aromatic carbocycles. The van der Waals surface area contributed by atoms with Gasteiger partial charge in [0.05, 0.1) is 6.10 Å². The van der Waals surface area contributed by atoms with Crippen molar-refractivity contribution in [2.45, 2.75) is 57.7 Å². The molecule has 2 aromatic rings. The average molecular weight is 530 g/mol. The van der Waals surface area contributed by atoms with Crippen molar-refractivity contribution in [2.75, 3.05) is 23.3 Å². The van der Waals surface area contributed by atoms with Gasteiger partial charge in [0.25, 0.3) is 5.91 Å². The molecule has 4 N–H and O–H groups in total. The molecule has 5 rings (SSSR count). The number of carbonyl (C=O) groups is 2. The van der Waals surface area contributed by atoms with Gasteiger partial charge in [0.2, 0.25) is 5.95 Å². The fourth-order valence-electron chi connectivity index (χ4n) is 5.32. The Labute approximate surface area is 215 Å². The van der Waals surface area contributed by atoms with Gasteiger partial charge in [-0.25, -0.2) is 9.55 Å². The number of aldehydes is 1. The number of phosphoric ester groups is 1. The van der Waals surface area contributed by atoms with E-state index in [-0.39, 0.29) is 11.9 Å². The molecule has 2 heterocycles. The number of fused-ring (bicyclic) bond motifs is 1. The minimum Gasteiger partial charge on any atom is -0.365 e. The van der Waals surface area contributed by atoms with E-state index in [9.17, 15) is 14.2 Å². The minimum absolute atomic E-state index is 0.138. The molecule has 0 bridgehead atoms. The molecule has 198 valence electrons. The molecule has 3 fully saturated rings. The van der Waals surface area contributed by atoms with Gasteiger partial charge in [0, 0.05) is 37.4 Å². The van der Waals surface area contributed by atoms with Crippen molar-refractivity contribution in [3.63, 3.8) is 0 Å². The van der Waals surface area contributed by atoms with Crippen LogP contribution in [0.5, 0.6) is 0 Å². The van der Waals surface area contributed by atoms with E-state index < -0.39 is 13.9 Å². The third kappa shape index (κ3) is 6.35. The topological polar surface area (TPSA) is 154 Å². The van der Waals surface area contributed by atoms with Gasteiger partial charge in [0.15, 0.2) is 0 Å². The third-order valence-corrected chi connectivity index (χ3v) is 8.07. The third-order valence-electron chi connectivity index (χ3n) is 7.50. The van der Waals surface area contributed by atoms with E-state index in [4.69, 9.17) is 19.3 Å². The Morgan fingerprint density at radius 2 is 1.95 bits per heavy atom. The SMILES string of the molecule is Cc1cc(CNc2nc(N3CC4CC4C3)ncc2C(=O)NC2CCC(OP(=O)(O)O)CC2)ccc1C=O. The minimum atomic E-state index is -4.53. The van der Waals surface area contributed by atoms with Crippen molar-refractivity contribution in [2.24, 2.45) is 11.8 Å². The van der Waals surface area contributed by atoms with Crippen molar-refractivity contribution in [1.82, 2.24) is 15.3 Å². The maximum atomic E-state index is 13.2. The summed E-state index contributed by atoms with van der Waals surface area (Å²) in [6.07, 6.45) is 5.14. The molecule has 2 unspecified atom stereocenters. The lowest BCUT2D eigenvalue weighted by Gasteiger charge is -2.29. The number of phosphoric acid groups is 1. The molecule has 37 heavy (non-hydrogen) atoms. The number of benzene rings is 1. The van der Waals surface area contributed by atoms with Crippen molar-refractivity contribution in [1.29, 1.82) is 0 Å². The van der Waals surface area contributed by atoms with Gasteiger partial charge in [0.1, 0.15) is 17.7 Å². The van der Waals surface area contributed by atoms with Crippen LogP contribution in [0.3, 0.4) is 0 Å². The Balaban J connectivity index is 1.28. The first-order valence-corrected chi connectivity index (χ1v) is 14.2. The predicted octanol–water partition coefficient (Wildman–Crippen LogP) is 2.82. The molecule has 0 spiro atoms. The molecule has 1 amide bonds. The summed E-state index contributed by atoms with van der Waals surface area (Å²) in [7, 11) is -4.53. The number of anilines is 2. The number of amides is 1. The van der Waals surface area contributed by atoms with Gasteiger partial charge < -0.3 is 25.3 Å². The van der Waals surface area contributed by atoms with Crippen LogP contribution in [-0.2, 0) is 15.6 Å². The quantitative estimate of drug-likeness (QED) is 0.282. The van der Waals surface area contributed by atoms with Crippen molar-refractivity contribution in [3.05, 3.63) is 46.6 Å². The zero-order chi connectivity index (χ0) is 26.2. The number of rotatable bonds is 9. The van der Waals surface area contributed by atoms with Crippen molar-refractivity contribution < 1.29 is 28.5 Å². The smallest absolute Gasteiger partial charge is 0.365 e. The van der Waals surface area contributed by atoms with E-state index >= 15 is 0 Å². The van der Waals surface area contributed by atoms with E-state index in [1.165, 1.54) is 6.42 Å². The fourth-order valence-corrected chi connectivity index (χ4v) is 5.92. The largest absolute Gasteiger partial charge is 0.469 e. The van der Waals surface area contributed by atoms with E-state index in [2.05, 4.69) is 20.5 Å². The Bertz CT molecular complexity index is 1220. The molecule has 11 nitrogen and oxygen atoms in total. The summed E-state index contributed by atoms with van der Waals surface area (Å²) in [5.74, 6) is 2.18. The van der Waals surface area contributed by atoms with Gasteiger partial charge >= 0.3 is 7.82 Å². The number of hydrogen-bond acceptors (Lipinski definition) is 8. The number of aryl methyl sites for hydroxylation is 1. The maximum absolute atomic E-state index is 13.2. The molecule has 2 aliphatic carbocycles. The van der Waals surface area contributed by atoms with E-state index in [0.717, 1.165) is 30.5 Å². The van der Waals surface area contributed by atoms with Gasteiger partial charge in [-0.2, -0.15) is 4.98 Å². The highest BCUT2D eigenvalue weighted by Crippen LogP contribution is 2.45. The van der Waals surface area contributed by atoms with E-state index in [1.807, 2.05) is 19.1 Å². The normalized spacial score (nSPS) is 24.9. The molecule has 12 heteroatoms. The van der Waals surface area contributed by atoms with Crippen LogP contribution in [0.2, 0.25) is 0 Å². The van der Waals surface area contributed by atoms with Crippen LogP contribution in [0.4, 0.5) is 11.8 Å². The summed E-state index contributed by atoms with van der Waals surface area (Å²) < 4.78 is 15.9. The second kappa shape index (κ2) is 10.5. The van der Waals surface area contributed by atoms with E-state index in [0.29, 0.717) is 67.0 Å². The van der Waals surface area contributed by atoms with Crippen LogP contribution in [0.15, 0.2) is 24.4 Å². The highest BCUT2D eigenvalue weighted by molar-refractivity contribution is 7.46. The van der Waals surface area contributed by atoms with Crippen molar-refractivity contribution >= 4 is 31.8 Å². The lowest BCUT2D eigenvalue weighted by Crippen LogP contribution is -2.39. The standard InChI is InChI=1S/C25H32N5O6P/c1-15-8-16(2-3-17(15)14-31)10-26-23-22(11-27-25(29-23)30-12-18-9-19(18)13-30)24(32)28-20-4-6-21(7-5-20)36-37(33,34)35/h2-3,8,11,14,18-21H,4-7,9-10,12-13H2,1H3,(H,28,32)(H,26,27,29)(H2,33,34,35). The number of hydrogen-bond donors (Lipinski definition) is 4. The van der Waals surface area contributed by atoms with Crippen LogP contribution in [0.25, 0.3) is 0 Å². The Morgan fingerprint density at radius 1 is 1.22 bits per heavy atom. The Morgan fingerprint density at radius 3 is 2.59 bits per heavy atom.